The van der Waals surface area contributed by atoms with Gasteiger partial charge in [-0.25, -0.2) is 4.98 Å². The lowest BCUT2D eigenvalue weighted by Gasteiger charge is -2.36. The van der Waals surface area contributed by atoms with Crippen LogP contribution in [-0.2, 0) is 18.4 Å². The molecule has 0 spiro atoms. The molecular formula is C28H29N5O2S. The number of anilines is 2. The molecule has 36 heavy (non-hydrogen) atoms. The maximum absolute atomic E-state index is 12.6. The number of hydrogen-bond donors (Lipinski definition) is 1. The molecule has 0 aliphatic carbocycles. The third-order valence-electron chi connectivity index (χ3n) is 6.41. The zero-order chi connectivity index (χ0) is 24.9. The van der Waals surface area contributed by atoms with E-state index >= 15 is 0 Å². The zero-order valence-corrected chi connectivity index (χ0v) is 21.1. The van der Waals surface area contributed by atoms with Crippen LogP contribution in [0.3, 0.4) is 0 Å². The summed E-state index contributed by atoms with van der Waals surface area (Å²) in [6, 6.07) is 25.8. The van der Waals surface area contributed by atoms with E-state index in [4.69, 9.17) is 0 Å². The van der Waals surface area contributed by atoms with Gasteiger partial charge in [0.2, 0.25) is 5.91 Å². The molecule has 184 valence electrons. The average Bonchev–Trinajstić information content (AvgIpc) is 2.91. The van der Waals surface area contributed by atoms with E-state index < -0.39 is 0 Å². The standard InChI is InChI=1S/C28H29N5O2S/c1-31-27(35)24-9-5-6-10-25(24)30-28(31)36-20-26(34)29-22-11-13-23(14-12-22)33-17-15-32(16-18-33)19-21-7-3-2-4-8-21/h2-14H,15-20H2,1H3,(H,29,34). The van der Waals surface area contributed by atoms with Crippen molar-refractivity contribution in [3.63, 3.8) is 0 Å². The van der Waals surface area contributed by atoms with Crippen LogP contribution in [0.1, 0.15) is 5.56 Å². The third kappa shape index (κ3) is 5.61. The van der Waals surface area contributed by atoms with Crippen LogP contribution in [0.5, 0.6) is 0 Å². The molecule has 2 heterocycles. The number of rotatable bonds is 7. The van der Waals surface area contributed by atoms with E-state index in [1.54, 1.807) is 13.1 Å². The fourth-order valence-corrected chi connectivity index (χ4v) is 5.19. The first kappa shape index (κ1) is 24.1. The lowest BCUT2D eigenvalue weighted by atomic mass is 10.2. The van der Waals surface area contributed by atoms with Crippen molar-refractivity contribution in [2.75, 3.05) is 42.1 Å². The van der Waals surface area contributed by atoms with Crippen LogP contribution in [-0.4, -0.2) is 52.3 Å². The van der Waals surface area contributed by atoms with Crippen molar-refractivity contribution in [1.82, 2.24) is 14.5 Å². The molecule has 1 aliphatic rings. The summed E-state index contributed by atoms with van der Waals surface area (Å²) in [5, 5.41) is 4.05. The van der Waals surface area contributed by atoms with Crippen LogP contribution in [0, 0.1) is 0 Å². The summed E-state index contributed by atoms with van der Waals surface area (Å²) in [4.78, 5) is 34.5. The van der Waals surface area contributed by atoms with Gasteiger partial charge in [-0.1, -0.05) is 54.2 Å². The summed E-state index contributed by atoms with van der Waals surface area (Å²) in [5.41, 5.74) is 3.80. The van der Waals surface area contributed by atoms with Crippen LogP contribution < -0.4 is 15.8 Å². The lowest BCUT2D eigenvalue weighted by molar-refractivity contribution is -0.113. The SMILES string of the molecule is Cn1c(SCC(=O)Nc2ccc(N3CCN(Cc4ccccc4)CC3)cc2)nc2ccccc2c1=O. The summed E-state index contributed by atoms with van der Waals surface area (Å²) in [5.74, 6) is 0.0358. The molecule has 1 saturated heterocycles. The predicted molar refractivity (Wildman–Crippen MR) is 147 cm³/mol. The molecule has 0 atom stereocenters. The summed E-state index contributed by atoms with van der Waals surface area (Å²) in [6.45, 7) is 4.99. The highest BCUT2D eigenvalue weighted by atomic mass is 32.2. The van der Waals surface area contributed by atoms with Gasteiger partial charge in [-0.15, -0.1) is 0 Å². The second-order valence-electron chi connectivity index (χ2n) is 8.91. The Bertz CT molecular complexity index is 1400. The number of aromatic nitrogens is 2. The topological polar surface area (TPSA) is 70.5 Å². The van der Waals surface area contributed by atoms with Crippen molar-refractivity contribution in [1.29, 1.82) is 0 Å². The number of nitrogens with zero attached hydrogens (tertiary/aromatic N) is 4. The Morgan fingerprint density at radius 2 is 1.61 bits per heavy atom. The first-order chi connectivity index (χ1) is 17.6. The van der Waals surface area contributed by atoms with Gasteiger partial charge in [-0.05, 0) is 42.0 Å². The maximum Gasteiger partial charge on any atom is 0.261 e. The second kappa shape index (κ2) is 11.0. The molecule has 8 heteroatoms. The molecule has 1 amide bonds. The number of carbonyl (C=O) groups excluding carboxylic acids is 1. The Morgan fingerprint density at radius 1 is 0.917 bits per heavy atom. The molecule has 7 nitrogen and oxygen atoms in total. The van der Waals surface area contributed by atoms with E-state index in [9.17, 15) is 9.59 Å². The van der Waals surface area contributed by atoms with Crippen molar-refractivity contribution in [2.45, 2.75) is 11.7 Å². The smallest absolute Gasteiger partial charge is 0.261 e. The molecule has 3 aromatic carbocycles. The Balaban J connectivity index is 1.13. The van der Waals surface area contributed by atoms with E-state index in [0.717, 1.165) is 44.1 Å². The number of piperazine rings is 1. The molecule has 0 saturated carbocycles. The van der Waals surface area contributed by atoms with E-state index in [0.29, 0.717) is 16.1 Å². The number of thioether (sulfide) groups is 1. The van der Waals surface area contributed by atoms with E-state index in [1.807, 2.05) is 30.3 Å². The van der Waals surface area contributed by atoms with Crippen LogP contribution in [0.25, 0.3) is 10.9 Å². The number of carbonyl (C=O) groups is 1. The molecular weight excluding hydrogens is 470 g/mol. The Morgan fingerprint density at radius 3 is 2.36 bits per heavy atom. The number of nitrogens with one attached hydrogen (secondary N) is 1. The van der Waals surface area contributed by atoms with Crippen molar-refractivity contribution in [3.05, 3.63) is 94.8 Å². The highest BCUT2D eigenvalue weighted by Crippen LogP contribution is 2.21. The van der Waals surface area contributed by atoms with Crippen molar-refractivity contribution >= 4 is 39.9 Å². The average molecular weight is 500 g/mol. The number of benzene rings is 3. The third-order valence-corrected chi connectivity index (χ3v) is 7.44. The van der Waals surface area contributed by atoms with Crippen LogP contribution in [0.2, 0.25) is 0 Å². The van der Waals surface area contributed by atoms with Gasteiger partial charge in [-0.3, -0.25) is 19.1 Å². The van der Waals surface area contributed by atoms with Gasteiger partial charge in [0.05, 0.1) is 16.7 Å². The van der Waals surface area contributed by atoms with Crippen LogP contribution in [0.4, 0.5) is 11.4 Å². The first-order valence-corrected chi connectivity index (χ1v) is 13.0. The van der Waals surface area contributed by atoms with E-state index in [-0.39, 0.29) is 17.2 Å². The fourth-order valence-electron chi connectivity index (χ4n) is 4.42. The minimum absolute atomic E-state index is 0.111. The Kier molecular flexibility index (Phi) is 7.34. The normalized spacial score (nSPS) is 14.2. The summed E-state index contributed by atoms with van der Waals surface area (Å²) in [7, 11) is 1.68. The van der Waals surface area contributed by atoms with Crippen molar-refractivity contribution < 1.29 is 4.79 Å². The van der Waals surface area contributed by atoms with E-state index in [1.165, 1.54) is 21.9 Å². The van der Waals surface area contributed by atoms with Crippen molar-refractivity contribution in [2.24, 2.45) is 7.05 Å². The summed E-state index contributed by atoms with van der Waals surface area (Å²) in [6.07, 6.45) is 0. The number of hydrogen-bond acceptors (Lipinski definition) is 6. The minimum Gasteiger partial charge on any atom is -0.369 e. The quantitative estimate of drug-likeness (QED) is 0.306. The Labute approximate surface area is 214 Å². The molecule has 0 unspecified atom stereocenters. The second-order valence-corrected chi connectivity index (χ2v) is 9.85. The zero-order valence-electron chi connectivity index (χ0n) is 20.3. The monoisotopic (exact) mass is 499 g/mol. The molecule has 4 aromatic rings. The van der Waals surface area contributed by atoms with Gasteiger partial charge in [0, 0.05) is 51.1 Å². The van der Waals surface area contributed by atoms with Gasteiger partial charge in [0.25, 0.3) is 5.56 Å². The molecule has 5 rings (SSSR count). The summed E-state index contributed by atoms with van der Waals surface area (Å²) >= 11 is 1.26. The van der Waals surface area contributed by atoms with Gasteiger partial charge in [0.1, 0.15) is 0 Å². The molecule has 1 aromatic heterocycles. The van der Waals surface area contributed by atoms with Gasteiger partial charge in [0.15, 0.2) is 5.16 Å². The minimum atomic E-state index is -0.135. The van der Waals surface area contributed by atoms with Gasteiger partial charge < -0.3 is 10.2 Å². The highest BCUT2D eigenvalue weighted by molar-refractivity contribution is 7.99. The predicted octanol–water partition coefficient (Wildman–Crippen LogP) is 3.99. The Hall–Kier alpha value is -3.62. The molecule has 1 aliphatic heterocycles. The van der Waals surface area contributed by atoms with Gasteiger partial charge in [-0.2, -0.15) is 0 Å². The highest BCUT2D eigenvalue weighted by Gasteiger charge is 2.17. The lowest BCUT2D eigenvalue weighted by Crippen LogP contribution is -2.45. The molecule has 0 radical (unpaired) electrons. The largest absolute Gasteiger partial charge is 0.369 e. The van der Waals surface area contributed by atoms with Gasteiger partial charge >= 0.3 is 0 Å². The molecule has 1 fully saturated rings. The molecule has 1 N–H and O–H groups in total. The molecule has 0 bridgehead atoms. The van der Waals surface area contributed by atoms with Crippen LogP contribution in [0.15, 0.2) is 88.8 Å². The van der Waals surface area contributed by atoms with Crippen LogP contribution >= 0.6 is 11.8 Å². The fraction of sp³-hybridized carbons (Fsp3) is 0.250. The first-order valence-electron chi connectivity index (χ1n) is 12.1. The number of para-hydroxylation sites is 1. The number of amides is 1. The maximum atomic E-state index is 12.6. The van der Waals surface area contributed by atoms with E-state index in [2.05, 4.69) is 62.6 Å². The number of fused-ring (bicyclic) bond motifs is 1. The van der Waals surface area contributed by atoms with Crippen molar-refractivity contribution in [3.8, 4) is 0 Å². The summed E-state index contributed by atoms with van der Waals surface area (Å²) < 4.78 is 1.49.